The molecule has 1 aromatic rings. The van der Waals surface area contributed by atoms with Gasteiger partial charge in [-0.25, -0.2) is 0 Å². The Morgan fingerprint density at radius 1 is 1.17 bits per heavy atom. The van der Waals surface area contributed by atoms with Gasteiger partial charge in [-0.15, -0.1) is 17.7 Å². The normalized spacial score (nSPS) is 8.58. The maximum absolute atomic E-state index is 3.94. The smallest absolute Gasteiger partial charge is 1.00 e. The van der Waals surface area contributed by atoms with Gasteiger partial charge < -0.3 is 24.0 Å². The number of halogens is 1. The molecule has 1 aromatic carbocycles. The summed E-state index contributed by atoms with van der Waals surface area (Å²) in [4.78, 5) is 0. The van der Waals surface area contributed by atoms with E-state index in [9.17, 15) is 0 Å². The molecule has 0 spiro atoms. The molecule has 0 nitrogen and oxygen atoms in total. The molecule has 0 radical (unpaired) electrons. The van der Waals surface area contributed by atoms with E-state index in [0.717, 1.165) is 5.56 Å². The molecule has 0 saturated carbocycles. The number of hydrogen-bond donors (Lipinski definition) is 0. The molecule has 0 atom stereocenters. The molecule has 0 aliphatic carbocycles. The summed E-state index contributed by atoms with van der Waals surface area (Å²) in [5.74, 6) is 0.591. The van der Waals surface area contributed by atoms with Crippen LogP contribution in [0.5, 0.6) is 0 Å². The van der Waals surface area contributed by atoms with Crippen molar-refractivity contribution in [2.45, 2.75) is 19.8 Å². The molecule has 62 valence electrons. The Balaban J connectivity index is 0. The van der Waals surface area contributed by atoms with Gasteiger partial charge in [0.1, 0.15) is 0 Å². The fraction of sp³-hybridized carbons (Fsp3) is 0.300. The largest absolute Gasteiger partial charge is 2.00 e. The summed E-state index contributed by atoms with van der Waals surface area (Å²) in [7, 11) is 0. The second kappa shape index (κ2) is 7.03. The van der Waals surface area contributed by atoms with Gasteiger partial charge in [0, 0.05) is 0 Å². The monoisotopic (exact) mass is 284 g/mol. The molecule has 0 saturated heterocycles. The van der Waals surface area contributed by atoms with E-state index in [1.807, 2.05) is 6.07 Å². The Hall–Kier alpha value is 0.586. The van der Waals surface area contributed by atoms with Gasteiger partial charge in [0.2, 0.25) is 0 Å². The fourth-order valence-electron chi connectivity index (χ4n) is 1.10. The second-order valence-corrected chi connectivity index (χ2v) is 2.85. The molecule has 12 heavy (non-hydrogen) atoms. The van der Waals surface area contributed by atoms with Crippen LogP contribution in [-0.2, 0) is 0 Å². The van der Waals surface area contributed by atoms with E-state index in [0.29, 0.717) is 5.92 Å². The third-order valence-electron chi connectivity index (χ3n) is 1.68. The molecule has 0 fully saturated rings. The SMILES string of the molecule is [CH2-]c1ccccc1C(C)C.[I-].[Mg+2]. The maximum Gasteiger partial charge on any atom is 2.00 e. The molecule has 2 heteroatoms. The van der Waals surface area contributed by atoms with E-state index in [2.05, 4.69) is 39.0 Å². The van der Waals surface area contributed by atoms with Crippen LogP contribution >= 0.6 is 0 Å². The Bertz CT molecular complexity index is 221. The average Bonchev–Trinajstić information content (AvgIpc) is 1.88. The average molecular weight is 284 g/mol. The van der Waals surface area contributed by atoms with Crippen molar-refractivity contribution in [3.8, 4) is 0 Å². The zero-order valence-electron chi connectivity index (χ0n) is 7.68. The Labute approximate surface area is 108 Å². The molecule has 0 aromatic heterocycles. The molecular weight excluding hydrogens is 271 g/mol. The molecule has 0 unspecified atom stereocenters. The van der Waals surface area contributed by atoms with Crippen molar-refractivity contribution in [3.05, 3.63) is 42.3 Å². The minimum atomic E-state index is 0. The van der Waals surface area contributed by atoms with Gasteiger partial charge in [0.05, 0.1) is 0 Å². The minimum absolute atomic E-state index is 0. The molecule has 0 heterocycles. The number of benzene rings is 1. The summed E-state index contributed by atoms with van der Waals surface area (Å²) in [5, 5.41) is 0. The summed E-state index contributed by atoms with van der Waals surface area (Å²) in [6.45, 7) is 8.31. The topological polar surface area (TPSA) is 0 Å². The van der Waals surface area contributed by atoms with E-state index in [1.54, 1.807) is 0 Å². The van der Waals surface area contributed by atoms with E-state index < -0.39 is 0 Å². The van der Waals surface area contributed by atoms with Gasteiger partial charge in [-0.3, -0.25) is 0 Å². The van der Waals surface area contributed by atoms with Crippen molar-refractivity contribution in [3.63, 3.8) is 0 Å². The van der Waals surface area contributed by atoms with Crippen molar-refractivity contribution in [2.75, 3.05) is 0 Å². The molecule has 0 aliphatic rings. The fourth-order valence-corrected chi connectivity index (χ4v) is 1.10. The Kier molecular flexibility index (Phi) is 8.84. The molecule has 0 N–H and O–H groups in total. The molecule has 0 amide bonds. The minimum Gasteiger partial charge on any atom is -1.00 e. The Morgan fingerprint density at radius 2 is 1.67 bits per heavy atom. The van der Waals surface area contributed by atoms with Crippen LogP contribution in [0.2, 0.25) is 0 Å². The zero-order valence-corrected chi connectivity index (χ0v) is 11.3. The van der Waals surface area contributed by atoms with Crippen LogP contribution in [0.3, 0.4) is 0 Å². The third-order valence-corrected chi connectivity index (χ3v) is 1.68. The van der Waals surface area contributed by atoms with Crippen molar-refractivity contribution in [2.24, 2.45) is 0 Å². The first-order valence-corrected chi connectivity index (χ1v) is 3.62. The third kappa shape index (κ3) is 4.00. The standard InChI is InChI=1S/C10H13.HI.Mg/c1-8(2)10-7-5-4-6-9(10)3;;/h4-8H,3H2,1-2H3;1H;/q-1;;+2/p-1. The van der Waals surface area contributed by atoms with Crippen molar-refractivity contribution in [1.29, 1.82) is 0 Å². The number of rotatable bonds is 1. The first kappa shape index (κ1) is 15.1. The molecule has 0 bridgehead atoms. The first-order chi connectivity index (χ1) is 4.72. The van der Waals surface area contributed by atoms with Gasteiger partial charge >= 0.3 is 23.1 Å². The van der Waals surface area contributed by atoms with Crippen molar-refractivity contribution in [1.82, 2.24) is 0 Å². The number of hydrogen-bond acceptors (Lipinski definition) is 0. The van der Waals surface area contributed by atoms with E-state index in [-0.39, 0.29) is 47.0 Å². The van der Waals surface area contributed by atoms with Crippen LogP contribution < -0.4 is 24.0 Å². The molecular formula is C10H13IMg. The zero-order chi connectivity index (χ0) is 7.56. The predicted octanol–water partition coefficient (Wildman–Crippen LogP) is -0.385. The molecule has 0 aliphatic heterocycles. The van der Waals surface area contributed by atoms with Gasteiger partial charge in [-0.2, -0.15) is 18.6 Å². The summed E-state index contributed by atoms with van der Waals surface area (Å²) in [6, 6.07) is 8.26. The van der Waals surface area contributed by atoms with Crippen LogP contribution in [0.25, 0.3) is 0 Å². The van der Waals surface area contributed by atoms with E-state index in [1.165, 1.54) is 5.56 Å². The van der Waals surface area contributed by atoms with Crippen LogP contribution in [0.1, 0.15) is 30.9 Å². The predicted molar refractivity (Wildman–Crippen MR) is 50.7 cm³/mol. The van der Waals surface area contributed by atoms with Crippen LogP contribution in [0.15, 0.2) is 24.3 Å². The van der Waals surface area contributed by atoms with Gasteiger partial charge in [-0.05, 0) is 0 Å². The maximum atomic E-state index is 3.94. The Morgan fingerprint density at radius 3 is 2.00 bits per heavy atom. The molecule has 1 rings (SSSR count). The van der Waals surface area contributed by atoms with Crippen molar-refractivity contribution < 1.29 is 24.0 Å². The summed E-state index contributed by atoms with van der Waals surface area (Å²) >= 11 is 0. The summed E-state index contributed by atoms with van der Waals surface area (Å²) in [5.41, 5.74) is 2.50. The van der Waals surface area contributed by atoms with Crippen LogP contribution in [-0.4, -0.2) is 23.1 Å². The van der Waals surface area contributed by atoms with E-state index in [4.69, 9.17) is 0 Å². The second-order valence-electron chi connectivity index (χ2n) is 2.85. The van der Waals surface area contributed by atoms with Gasteiger partial charge in [-0.1, -0.05) is 25.8 Å². The first-order valence-electron chi connectivity index (χ1n) is 3.62. The van der Waals surface area contributed by atoms with Crippen LogP contribution in [0, 0.1) is 6.92 Å². The van der Waals surface area contributed by atoms with Gasteiger partial charge in [0.25, 0.3) is 0 Å². The quantitative estimate of drug-likeness (QED) is 0.374. The van der Waals surface area contributed by atoms with Crippen molar-refractivity contribution >= 4 is 23.1 Å². The summed E-state index contributed by atoms with van der Waals surface area (Å²) < 4.78 is 0. The van der Waals surface area contributed by atoms with Gasteiger partial charge in [0.15, 0.2) is 0 Å². The van der Waals surface area contributed by atoms with E-state index >= 15 is 0 Å². The van der Waals surface area contributed by atoms with Crippen LogP contribution in [0.4, 0.5) is 0 Å². The summed E-state index contributed by atoms with van der Waals surface area (Å²) in [6.07, 6.45) is 0.